The molecule has 0 aliphatic heterocycles. The van der Waals surface area contributed by atoms with Crippen LogP contribution in [0.25, 0.3) is 0 Å². The van der Waals surface area contributed by atoms with Gasteiger partial charge in [-0.05, 0) is 32.0 Å². The number of nitrogens with two attached hydrogens (primary N) is 1. The fourth-order valence-corrected chi connectivity index (χ4v) is 1.16. The molecule has 1 amide bonds. The summed E-state index contributed by atoms with van der Waals surface area (Å²) in [5, 5.41) is 2.72. The third-order valence-corrected chi connectivity index (χ3v) is 2.09. The van der Waals surface area contributed by atoms with Crippen LogP contribution in [-0.4, -0.2) is 25.6 Å². The van der Waals surface area contributed by atoms with E-state index in [2.05, 4.69) is 5.32 Å². The number of aryl methyl sites for hydroxylation is 1. The summed E-state index contributed by atoms with van der Waals surface area (Å²) in [6.07, 6.45) is 0.788. The molecule has 0 heterocycles. The second kappa shape index (κ2) is 6.85. The Bertz CT molecular complexity index is 322. The van der Waals surface area contributed by atoms with E-state index in [1.165, 1.54) is 5.56 Å². The molecule has 0 aromatic heterocycles. The molecule has 0 spiro atoms. The molecule has 88 valence electrons. The van der Waals surface area contributed by atoms with Gasteiger partial charge in [0.15, 0.2) is 6.61 Å². The standard InChI is InChI=1S/C12H18N2O2/c1-10-3-5-11(6-4-10)16-9-12(15)14-8-2-7-13/h3-6H,2,7-9,13H2,1H3,(H,14,15). The first-order chi connectivity index (χ1) is 7.72. The topological polar surface area (TPSA) is 64.3 Å². The van der Waals surface area contributed by atoms with Crippen molar-refractivity contribution in [2.24, 2.45) is 5.73 Å². The van der Waals surface area contributed by atoms with Crippen LogP contribution in [0.1, 0.15) is 12.0 Å². The molecule has 1 rings (SSSR count). The Balaban J connectivity index is 2.23. The van der Waals surface area contributed by atoms with Gasteiger partial charge in [-0.3, -0.25) is 4.79 Å². The lowest BCUT2D eigenvalue weighted by Crippen LogP contribution is -2.30. The summed E-state index contributed by atoms with van der Waals surface area (Å²) >= 11 is 0. The number of benzene rings is 1. The number of nitrogens with one attached hydrogen (secondary N) is 1. The Morgan fingerprint density at radius 2 is 2.06 bits per heavy atom. The minimum Gasteiger partial charge on any atom is -0.484 e. The van der Waals surface area contributed by atoms with Crippen molar-refractivity contribution < 1.29 is 9.53 Å². The first kappa shape index (κ1) is 12.5. The van der Waals surface area contributed by atoms with Gasteiger partial charge in [-0.25, -0.2) is 0 Å². The highest BCUT2D eigenvalue weighted by molar-refractivity contribution is 5.77. The maximum absolute atomic E-state index is 11.3. The highest BCUT2D eigenvalue weighted by Crippen LogP contribution is 2.10. The van der Waals surface area contributed by atoms with Crippen LogP contribution in [0, 0.1) is 6.92 Å². The zero-order valence-electron chi connectivity index (χ0n) is 9.53. The van der Waals surface area contributed by atoms with Crippen molar-refractivity contribution >= 4 is 5.91 Å². The molecule has 4 heteroatoms. The van der Waals surface area contributed by atoms with Crippen molar-refractivity contribution in [1.82, 2.24) is 5.32 Å². The van der Waals surface area contributed by atoms with Crippen molar-refractivity contribution in [3.8, 4) is 5.75 Å². The monoisotopic (exact) mass is 222 g/mol. The van der Waals surface area contributed by atoms with Gasteiger partial charge in [0.05, 0.1) is 0 Å². The van der Waals surface area contributed by atoms with E-state index in [4.69, 9.17) is 10.5 Å². The smallest absolute Gasteiger partial charge is 0.257 e. The van der Waals surface area contributed by atoms with E-state index in [0.717, 1.165) is 6.42 Å². The largest absolute Gasteiger partial charge is 0.484 e. The highest BCUT2D eigenvalue weighted by Gasteiger charge is 2.01. The quantitative estimate of drug-likeness (QED) is 0.701. The number of hydrogen-bond donors (Lipinski definition) is 2. The Kier molecular flexibility index (Phi) is 5.36. The van der Waals surface area contributed by atoms with Gasteiger partial charge < -0.3 is 15.8 Å². The predicted molar refractivity (Wildman–Crippen MR) is 63.4 cm³/mol. The molecule has 0 atom stereocenters. The molecule has 0 aliphatic rings. The van der Waals surface area contributed by atoms with E-state index in [9.17, 15) is 4.79 Å². The normalized spacial score (nSPS) is 9.88. The molecule has 0 aliphatic carbocycles. The predicted octanol–water partition coefficient (Wildman–Crippen LogP) is 0.839. The summed E-state index contributed by atoms with van der Waals surface area (Å²) in [4.78, 5) is 11.3. The van der Waals surface area contributed by atoms with Crippen LogP contribution in [-0.2, 0) is 4.79 Å². The second-order valence-electron chi connectivity index (χ2n) is 3.59. The van der Waals surface area contributed by atoms with E-state index in [1.807, 2.05) is 31.2 Å². The molecule has 0 radical (unpaired) electrons. The average Bonchev–Trinajstić information content (AvgIpc) is 2.29. The van der Waals surface area contributed by atoms with Crippen LogP contribution >= 0.6 is 0 Å². The van der Waals surface area contributed by atoms with Gasteiger partial charge in [0.2, 0.25) is 0 Å². The van der Waals surface area contributed by atoms with Gasteiger partial charge in [-0.2, -0.15) is 0 Å². The lowest BCUT2D eigenvalue weighted by atomic mass is 10.2. The first-order valence-electron chi connectivity index (χ1n) is 5.38. The summed E-state index contributed by atoms with van der Waals surface area (Å²) in [6, 6.07) is 7.59. The second-order valence-corrected chi connectivity index (χ2v) is 3.59. The minimum atomic E-state index is -0.117. The average molecular weight is 222 g/mol. The van der Waals surface area contributed by atoms with Crippen LogP contribution in [0.5, 0.6) is 5.75 Å². The van der Waals surface area contributed by atoms with Crippen molar-refractivity contribution in [2.45, 2.75) is 13.3 Å². The van der Waals surface area contributed by atoms with E-state index in [0.29, 0.717) is 18.8 Å². The number of ether oxygens (including phenoxy) is 1. The molecular formula is C12H18N2O2. The molecule has 0 saturated heterocycles. The van der Waals surface area contributed by atoms with Gasteiger partial charge >= 0.3 is 0 Å². The van der Waals surface area contributed by atoms with Gasteiger partial charge in [0, 0.05) is 6.54 Å². The number of carbonyl (C=O) groups is 1. The molecule has 16 heavy (non-hydrogen) atoms. The summed E-state index contributed by atoms with van der Waals surface area (Å²) in [5.41, 5.74) is 6.48. The minimum absolute atomic E-state index is 0.0492. The number of carbonyl (C=O) groups excluding carboxylic acids is 1. The van der Waals surface area contributed by atoms with Gasteiger partial charge in [-0.15, -0.1) is 0 Å². The van der Waals surface area contributed by atoms with Gasteiger partial charge in [-0.1, -0.05) is 17.7 Å². The van der Waals surface area contributed by atoms with Crippen LogP contribution in [0.3, 0.4) is 0 Å². The first-order valence-corrected chi connectivity index (χ1v) is 5.38. The van der Waals surface area contributed by atoms with Crippen LogP contribution < -0.4 is 15.8 Å². The van der Waals surface area contributed by atoms with Crippen LogP contribution in [0.15, 0.2) is 24.3 Å². The van der Waals surface area contributed by atoms with Crippen LogP contribution in [0.2, 0.25) is 0 Å². The zero-order valence-corrected chi connectivity index (χ0v) is 9.53. The molecule has 0 fully saturated rings. The fourth-order valence-electron chi connectivity index (χ4n) is 1.16. The number of hydrogen-bond acceptors (Lipinski definition) is 3. The molecule has 1 aromatic carbocycles. The van der Waals surface area contributed by atoms with Crippen molar-refractivity contribution in [3.63, 3.8) is 0 Å². The Morgan fingerprint density at radius 3 is 2.69 bits per heavy atom. The molecule has 4 nitrogen and oxygen atoms in total. The maximum atomic E-state index is 11.3. The molecule has 3 N–H and O–H groups in total. The lowest BCUT2D eigenvalue weighted by molar-refractivity contribution is -0.123. The zero-order chi connectivity index (χ0) is 11.8. The van der Waals surface area contributed by atoms with Crippen LogP contribution in [0.4, 0.5) is 0 Å². The number of rotatable bonds is 6. The third kappa shape index (κ3) is 4.79. The summed E-state index contributed by atoms with van der Waals surface area (Å²) < 4.78 is 5.31. The molecule has 0 saturated carbocycles. The molecule has 0 unspecified atom stereocenters. The summed E-state index contributed by atoms with van der Waals surface area (Å²) in [7, 11) is 0. The number of amides is 1. The van der Waals surface area contributed by atoms with Crippen molar-refractivity contribution in [3.05, 3.63) is 29.8 Å². The van der Waals surface area contributed by atoms with Crippen molar-refractivity contribution in [2.75, 3.05) is 19.7 Å². The van der Waals surface area contributed by atoms with Gasteiger partial charge in [0.25, 0.3) is 5.91 Å². The van der Waals surface area contributed by atoms with Gasteiger partial charge in [0.1, 0.15) is 5.75 Å². The third-order valence-electron chi connectivity index (χ3n) is 2.09. The van der Waals surface area contributed by atoms with Crippen molar-refractivity contribution in [1.29, 1.82) is 0 Å². The lowest BCUT2D eigenvalue weighted by Gasteiger charge is -2.07. The fraction of sp³-hybridized carbons (Fsp3) is 0.417. The Hall–Kier alpha value is -1.55. The maximum Gasteiger partial charge on any atom is 0.257 e. The van der Waals surface area contributed by atoms with E-state index < -0.39 is 0 Å². The highest BCUT2D eigenvalue weighted by atomic mass is 16.5. The van der Waals surface area contributed by atoms with E-state index >= 15 is 0 Å². The summed E-state index contributed by atoms with van der Waals surface area (Å²) in [5.74, 6) is 0.591. The van der Waals surface area contributed by atoms with E-state index in [-0.39, 0.29) is 12.5 Å². The summed E-state index contributed by atoms with van der Waals surface area (Å²) in [6.45, 7) is 3.24. The molecule has 0 bridgehead atoms. The molecular weight excluding hydrogens is 204 g/mol. The molecule has 1 aromatic rings. The van der Waals surface area contributed by atoms with E-state index in [1.54, 1.807) is 0 Å². The SMILES string of the molecule is Cc1ccc(OCC(=O)NCCCN)cc1. The Morgan fingerprint density at radius 1 is 1.38 bits per heavy atom. The Labute approximate surface area is 95.8 Å².